The molecule has 0 fully saturated rings. The number of ether oxygens (including phenoxy) is 2. The van der Waals surface area contributed by atoms with Gasteiger partial charge >= 0.3 is 11.9 Å². The molecule has 4 atom stereocenters. The summed E-state index contributed by atoms with van der Waals surface area (Å²) in [4.78, 5) is 31.2. The first kappa shape index (κ1) is 57.6. The number of nitrogens with zero attached hydrogens (tertiary/aromatic N) is 3. The van der Waals surface area contributed by atoms with Crippen LogP contribution >= 0.6 is 0 Å². The van der Waals surface area contributed by atoms with Crippen LogP contribution in [0, 0.1) is 0 Å². The van der Waals surface area contributed by atoms with E-state index < -0.39 is 24.4 Å². The Morgan fingerprint density at radius 2 is 0.780 bits per heavy atom. The van der Waals surface area contributed by atoms with E-state index in [0.29, 0.717) is 71.7 Å². The number of hydrogen-bond acceptors (Lipinski definition) is 12. The highest BCUT2D eigenvalue weighted by Gasteiger charge is 2.18. The number of aliphatic hydroxyl groups is 5. The van der Waals surface area contributed by atoms with Crippen LogP contribution in [0.5, 0.6) is 0 Å². The molecule has 0 saturated heterocycles. The molecule has 0 amide bonds. The van der Waals surface area contributed by atoms with E-state index in [0.717, 1.165) is 57.8 Å². The van der Waals surface area contributed by atoms with E-state index in [4.69, 9.17) is 9.47 Å². The molecule has 0 aliphatic rings. The van der Waals surface area contributed by atoms with Crippen LogP contribution in [-0.2, 0) is 19.1 Å². The average molecular weight is 846 g/mol. The fourth-order valence-corrected chi connectivity index (χ4v) is 7.61. The quantitative estimate of drug-likeness (QED) is 0.0309. The van der Waals surface area contributed by atoms with Gasteiger partial charge in [0, 0.05) is 58.9 Å². The van der Waals surface area contributed by atoms with E-state index in [9.17, 15) is 35.1 Å². The molecular formula is C47H95N3O9. The second-order valence-corrected chi connectivity index (χ2v) is 17.2. The smallest absolute Gasteiger partial charge is 0.307 e. The van der Waals surface area contributed by atoms with Crippen molar-refractivity contribution in [2.24, 2.45) is 0 Å². The molecule has 0 aromatic carbocycles. The van der Waals surface area contributed by atoms with Crippen molar-refractivity contribution in [3.8, 4) is 0 Å². The van der Waals surface area contributed by atoms with Crippen molar-refractivity contribution in [1.29, 1.82) is 0 Å². The number of aliphatic hydroxyl groups excluding tert-OH is 5. The molecule has 5 N–H and O–H groups in total. The summed E-state index contributed by atoms with van der Waals surface area (Å²) in [5, 5.41) is 51.7. The molecule has 12 heteroatoms. The monoisotopic (exact) mass is 846 g/mol. The van der Waals surface area contributed by atoms with Gasteiger partial charge in [-0.05, 0) is 39.0 Å². The molecule has 4 unspecified atom stereocenters. The minimum Gasteiger partial charge on any atom is -0.466 e. The number of unbranched alkanes of at least 4 members (excludes halogenated alkanes) is 15. The van der Waals surface area contributed by atoms with Crippen molar-refractivity contribution in [2.75, 3.05) is 78.7 Å². The maximum Gasteiger partial charge on any atom is 0.307 e. The van der Waals surface area contributed by atoms with Gasteiger partial charge in [-0.1, -0.05) is 136 Å². The summed E-state index contributed by atoms with van der Waals surface area (Å²) in [7, 11) is 0. The van der Waals surface area contributed by atoms with Crippen molar-refractivity contribution in [3.05, 3.63) is 0 Å². The molecule has 0 saturated carbocycles. The zero-order valence-electron chi connectivity index (χ0n) is 38.7. The van der Waals surface area contributed by atoms with E-state index in [1.54, 1.807) is 6.92 Å². The molecule has 0 aliphatic carbocycles. The number of hydrogen-bond donors (Lipinski definition) is 5. The predicted molar refractivity (Wildman–Crippen MR) is 240 cm³/mol. The molecule has 0 aliphatic heterocycles. The summed E-state index contributed by atoms with van der Waals surface area (Å²) >= 11 is 0. The highest BCUT2D eigenvalue weighted by molar-refractivity contribution is 5.70. The molecule has 0 rings (SSSR count). The Hall–Kier alpha value is -1.38. The molecule has 0 radical (unpaired) electrons. The van der Waals surface area contributed by atoms with Crippen LogP contribution in [0.25, 0.3) is 0 Å². The summed E-state index contributed by atoms with van der Waals surface area (Å²) in [6.45, 7) is 12.9. The Labute approximate surface area is 361 Å². The van der Waals surface area contributed by atoms with Crippen LogP contribution in [0.3, 0.4) is 0 Å². The summed E-state index contributed by atoms with van der Waals surface area (Å²) < 4.78 is 11.0. The molecular weight excluding hydrogens is 751 g/mol. The van der Waals surface area contributed by atoms with Crippen LogP contribution in [-0.4, -0.2) is 155 Å². The topological polar surface area (TPSA) is 163 Å². The molecule has 0 bridgehead atoms. The lowest BCUT2D eigenvalue weighted by atomic mass is 10.1. The Bertz CT molecular complexity index is 907. The van der Waals surface area contributed by atoms with Crippen molar-refractivity contribution in [2.45, 2.75) is 213 Å². The van der Waals surface area contributed by atoms with Gasteiger partial charge in [0.05, 0.1) is 57.1 Å². The van der Waals surface area contributed by atoms with Crippen molar-refractivity contribution < 1.29 is 44.6 Å². The van der Waals surface area contributed by atoms with Crippen LogP contribution in [0.2, 0.25) is 0 Å². The SMILES string of the molecule is CCCCCCCCC(O)CN(CCCOC(=O)CCN(CCO)CCC(=O)OCCCN(CC(O)CCCCCCCC)CC(O)CCCCCCCC)CC(C)O. The number of rotatable bonds is 45. The van der Waals surface area contributed by atoms with Crippen LogP contribution < -0.4 is 0 Å². The predicted octanol–water partition coefficient (Wildman–Crippen LogP) is 7.25. The van der Waals surface area contributed by atoms with Crippen molar-refractivity contribution in [3.63, 3.8) is 0 Å². The van der Waals surface area contributed by atoms with Crippen LogP contribution in [0.15, 0.2) is 0 Å². The lowest BCUT2D eigenvalue weighted by Gasteiger charge is -2.27. The summed E-state index contributed by atoms with van der Waals surface area (Å²) in [6, 6.07) is 0. The first-order chi connectivity index (χ1) is 28.5. The second-order valence-electron chi connectivity index (χ2n) is 17.2. The van der Waals surface area contributed by atoms with E-state index >= 15 is 0 Å². The third-order valence-electron chi connectivity index (χ3n) is 11.0. The van der Waals surface area contributed by atoms with Crippen molar-refractivity contribution in [1.82, 2.24) is 14.7 Å². The van der Waals surface area contributed by atoms with E-state index in [2.05, 4.69) is 25.7 Å². The summed E-state index contributed by atoms with van der Waals surface area (Å²) in [5.74, 6) is -0.688. The van der Waals surface area contributed by atoms with Gasteiger partial charge in [-0.3, -0.25) is 24.3 Å². The van der Waals surface area contributed by atoms with Gasteiger partial charge in [0.15, 0.2) is 0 Å². The van der Waals surface area contributed by atoms with Gasteiger partial charge in [0.25, 0.3) is 0 Å². The minimum absolute atomic E-state index is 0.0980. The zero-order valence-corrected chi connectivity index (χ0v) is 38.7. The van der Waals surface area contributed by atoms with Crippen molar-refractivity contribution >= 4 is 11.9 Å². The third kappa shape index (κ3) is 39.2. The van der Waals surface area contributed by atoms with Gasteiger partial charge in [-0.15, -0.1) is 0 Å². The fraction of sp³-hybridized carbons (Fsp3) is 0.957. The molecule has 352 valence electrons. The molecule has 0 heterocycles. The molecule has 0 aromatic heterocycles. The van der Waals surface area contributed by atoms with E-state index in [-0.39, 0.29) is 44.6 Å². The third-order valence-corrected chi connectivity index (χ3v) is 11.0. The molecule has 12 nitrogen and oxygen atoms in total. The highest BCUT2D eigenvalue weighted by atomic mass is 16.5. The van der Waals surface area contributed by atoms with E-state index in [1.165, 1.54) is 77.0 Å². The first-order valence-electron chi connectivity index (χ1n) is 24.4. The van der Waals surface area contributed by atoms with Gasteiger partial charge in [-0.25, -0.2) is 0 Å². The van der Waals surface area contributed by atoms with E-state index in [1.807, 2.05) is 9.80 Å². The second kappa shape index (κ2) is 41.9. The summed E-state index contributed by atoms with van der Waals surface area (Å²) in [5.41, 5.74) is 0. The first-order valence-corrected chi connectivity index (χ1v) is 24.4. The number of carbonyl (C=O) groups is 2. The Kier molecular flexibility index (Phi) is 41.0. The maximum absolute atomic E-state index is 12.6. The highest BCUT2D eigenvalue weighted by Crippen LogP contribution is 2.14. The maximum atomic E-state index is 12.6. The molecule has 59 heavy (non-hydrogen) atoms. The van der Waals surface area contributed by atoms with Crippen LogP contribution in [0.1, 0.15) is 188 Å². The van der Waals surface area contributed by atoms with Gasteiger partial charge in [0.2, 0.25) is 0 Å². The lowest BCUT2D eigenvalue weighted by molar-refractivity contribution is -0.144. The Morgan fingerprint density at radius 3 is 1.12 bits per heavy atom. The van der Waals surface area contributed by atoms with Crippen LogP contribution in [0.4, 0.5) is 0 Å². The average Bonchev–Trinajstić information content (AvgIpc) is 3.19. The standard InChI is InChI=1S/C47H95N3O9/c1-5-8-11-14-17-20-25-43(53)39-49(38-42(4)52)30-23-36-58-46(56)28-32-48(34-35-51)33-29-47(57)59-37-24-31-50(40-44(54)26-21-18-15-12-9-6-2)41-45(55)27-22-19-16-13-10-7-3/h42-45,51-55H,5-41H2,1-4H3. The number of esters is 2. The normalized spacial score (nSPS) is 14.0. The number of carbonyl (C=O) groups excluding carboxylic acids is 2. The minimum atomic E-state index is -0.521. The Balaban J connectivity index is 4.62. The largest absolute Gasteiger partial charge is 0.466 e. The molecule has 0 aromatic rings. The summed E-state index contributed by atoms with van der Waals surface area (Å²) in [6.07, 6.45) is 23.0. The zero-order chi connectivity index (χ0) is 43.8. The lowest BCUT2D eigenvalue weighted by Crippen LogP contribution is -2.39. The van der Waals surface area contributed by atoms with Gasteiger partial charge < -0.3 is 35.0 Å². The van der Waals surface area contributed by atoms with Gasteiger partial charge in [0.1, 0.15) is 0 Å². The van der Waals surface area contributed by atoms with Gasteiger partial charge in [-0.2, -0.15) is 0 Å². The molecule has 0 spiro atoms. The fourth-order valence-electron chi connectivity index (χ4n) is 7.61. The Morgan fingerprint density at radius 1 is 0.441 bits per heavy atom.